The second-order valence-corrected chi connectivity index (χ2v) is 5.58. The number of hydrogen-bond donors (Lipinski definition) is 2. The van der Waals surface area contributed by atoms with E-state index >= 15 is 0 Å². The maximum Gasteiger partial charge on any atom is 0.249 e. The van der Waals surface area contributed by atoms with E-state index in [1.54, 1.807) is 12.1 Å². The van der Waals surface area contributed by atoms with Crippen molar-refractivity contribution in [2.24, 2.45) is 0 Å². The third kappa shape index (κ3) is 2.39. The predicted molar refractivity (Wildman–Crippen MR) is 74.3 cm³/mol. The minimum absolute atomic E-state index is 0.0152. The summed E-state index contributed by atoms with van der Waals surface area (Å²) in [4.78, 5) is 14.2. The van der Waals surface area contributed by atoms with Gasteiger partial charge in [0.05, 0.1) is 18.7 Å². The van der Waals surface area contributed by atoms with Crippen LogP contribution < -0.4 is 5.32 Å². The molecule has 2 aliphatic heterocycles. The quantitative estimate of drug-likeness (QED) is 0.841. The van der Waals surface area contributed by atoms with Gasteiger partial charge in [0, 0.05) is 5.56 Å². The average Bonchev–Trinajstić information content (AvgIpc) is 2.46. The molecule has 20 heavy (non-hydrogen) atoms. The lowest BCUT2D eigenvalue weighted by molar-refractivity contribution is -0.162. The SMILES string of the molecule is O=C1COCC2(CCNCC2)N1Cc1ccccc1O. The molecule has 1 aromatic carbocycles. The number of nitrogens with one attached hydrogen (secondary N) is 1. The number of carbonyl (C=O) groups excluding carboxylic acids is 1. The van der Waals surface area contributed by atoms with Gasteiger partial charge in [0.15, 0.2) is 0 Å². The average molecular weight is 276 g/mol. The van der Waals surface area contributed by atoms with Crippen molar-refractivity contribution < 1.29 is 14.6 Å². The normalized spacial score (nSPS) is 22.2. The molecule has 1 aromatic rings. The maximum absolute atomic E-state index is 12.3. The Morgan fingerprint density at radius 1 is 1.30 bits per heavy atom. The summed E-state index contributed by atoms with van der Waals surface area (Å²) in [7, 11) is 0. The highest BCUT2D eigenvalue weighted by atomic mass is 16.5. The third-order valence-electron chi connectivity index (χ3n) is 4.32. The molecule has 0 aliphatic carbocycles. The minimum Gasteiger partial charge on any atom is -0.508 e. The highest BCUT2D eigenvalue weighted by molar-refractivity contribution is 5.79. The zero-order valence-corrected chi connectivity index (χ0v) is 11.5. The van der Waals surface area contributed by atoms with Gasteiger partial charge >= 0.3 is 0 Å². The molecule has 0 aromatic heterocycles. The molecule has 0 saturated carbocycles. The van der Waals surface area contributed by atoms with Gasteiger partial charge in [-0.2, -0.15) is 0 Å². The smallest absolute Gasteiger partial charge is 0.249 e. The number of aromatic hydroxyl groups is 1. The summed E-state index contributed by atoms with van der Waals surface area (Å²) in [5.41, 5.74) is 0.573. The first-order valence-electron chi connectivity index (χ1n) is 7.07. The Morgan fingerprint density at radius 3 is 2.80 bits per heavy atom. The molecule has 3 rings (SSSR count). The van der Waals surface area contributed by atoms with Gasteiger partial charge in [-0.1, -0.05) is 18.2 Å². The molecule has 2 N–H and O–H groups in total. The first-order chi connectivity index (χ1) is 9.71. The van der Waals surface area contributed by atoms with Gasteiger partial charge in [0.2, 0.25) is 5.91 Å². The van der Waals surface area contributed by atoms with Crippen LogP contribution in [-0.4, -0.2) is 47.8 Å². The van der Waals surface area contributed by atoms with Crippen LogP contribution in [0.5, 0.6) is 5.75 Å². The molecule has 0 radical (unpaired) electrons. The first kappa shape index (κ1) is 13.4. The Kier molecular flexibility index (Phi) is 3.63. The molecule has 2 saturated heterocycles. The number of phenols is 1. The molecule has 1 amide bonds. The number of rotatable bonds is 2. The summed E-state index contributed by atoms with van der Waals surface area (Å²) < 4.78 is 5.49. The van der Waals surface area contributed by atoms with E-state index in [1.807, 2.05) is 17.0 Å². The van der Waals surface area contributed by atoms with Crippen molar-refractivity contribution in [2.45, 2.75) is 24.9 Å². The van der Waals surface area contributed by atoms with Gasteiger partial charge in [-0.05, 0) is 32.0 Å². The maximum atomic E-state index is 12.3. The number of nitrogens with zero attached hydrogens (tertiary/aromatic N) is 1. The Morgan fingerprint density at radius 2 is 2.05 bits per heavy atom. The van der Waals surface area contributed by atoms with Crippen molar-refractivity contribution in [1.29, 1.82) is 0 Å². The van der Waals surface area contributed by atoms with Crippen molar-refractivity contribution >= 4 is 5.91 Å². The van der Waals surface area contributed by atoms with Gasteiger partial charge in [-0.15, -0.1) is 0 Å². The molecule has 2 aliphatic rings. The van der Waals surface area contributed by atoms with E-state index in [-0.39, 0.29) is 23.8 Å². The standard InChI is InChI=1S/C15H20N2O3/c18-13-4-2-1-3-12(13)9-17-14(19)10-20-11-15(17)5-7-16-8-6-15/h1-4,16,18H,5-11H2. The van der Waals surface area contributed by atoms with Gasteiger partial charge in [-0.25, -0.2) is 0 Å². The molecule has 0 atom stereocenters. The first-order valence-corrected chi connectivity index (χ1v) is 7.07. The number of phenolic OH excluding ortho intramolecular Hbond substituents is 1. The molecule has 108 valence electrons. The fourth-order valence-corrected chi connectivity index (χ4v) is 3.13. The monoisotopic (exact) mass is 276 g/mol. The highest BCUT2D eigenvalue weighted by Gasteiger charge is 2.44. The summed E-state index contributed by atoms with van der Waals surface area (Å²) >= 11 is 0. The summed E-state index contributed by atoms with van der Waals surface area (Å²) in [5.74, 6) is 0.261. The Hall–Kier alpha value is -1.59. The molecule has 2 fully saturated rings. The number of morpholine rings is 1. The number of ether oxygens (including phenoxy) is 1. The van der Waals surface area contributed by atoms with Crippen molar-refractivity contribution in [1.82, 2.24) is 10.2 Å². The zero-order chi connectivity index (χ0) is 14.0. The zero-order valence-electron chi connectivity index (χ0n) is 11.5. The molecule has 2 heterocycles. The van der Waals surface area contributed by atoms with E-state index < -0.39 is 0 Å². The third-order valence-corrected chi connectivity index (χ3v) is 4.32. The topological polar surface area (TPSA) is 61.8 Å². The van der Waals surface area contributed by atoms with E-state index in [1.165, 1.54) is 0 Å². The summed E-state index contributed by atoms with van der Waals surface area (Å²) in [5, 5.41) is 13.3. The number of amides is 1. The molecule has 0 unspecified atom stereocenters. The highest BCUT2D eigenvalue weighted by Crippen LogP contribution is 2.32. The van der Waals surface area contributed by atoms with E-state index in [9.17, 15) is 9.90 Å². The molecule has 1 spiro atoms. The van der Waals surface area contributed by atoms with Crippen LogP contribution in [0.3, 0.4) is 0 Å². The molecular formula is C15H20N2O3. The van der Waals surface area contributed by atoms with Crippen LogP contribution in [0.4, 0.5) is 0 Å². The van der Waals surface area contributed by atoms with Crippen LogP contribution in [0.2, 0.25) is 0 Å². The van der Waals surface area contributed by atoms with E-state index in [2.05, 4.69) is 5.32 Å². The van der Waals surface area contributed by atoms with Gasteiger partial charge in [0.25, 0.3) is 0 Å². The molecular weight excluding hydrogens is 256 g/mol. The summed E-state index contributed by atoms with van der Waals surface area (Å²) in [6.07, 6.45) is 1.79. The summed E-state index contributed by atoms with van der Waals surface area (Å²) in [6, 6.07) is 7.21. The van der Waals surface area contributed by atoms with Crippen LogP contribution in [0.1, 0.15) is 18.4 Å². The van der Waals surface area contributed by atoms with Gasteiger partial charge in [0.1, 0.15) is 12.4 Å². The minimum atomic E-state index is -0.219. The predicted octanol–water partition coefficient (Wildman–Crippen LogP) is 0.873. The van der Waals surface area contributed by atoms with E-state index in [0.717, 1.165) is 31.5 Å². The van der Waals surface area contributed by atoms with Crippen LogP contribution >= 0.6 is 0 Å². The molecule has 5 nitrogen and oxygen atoms in total. The lowest BCUT2D eigenvalue weighted by atomic mass is 9.85. The lowest BCUT2D eigenvalue weighted by Crippen LogP contribution is -2.62. The Labute approximate surface area is 118 Å². The van der Waals surface area contributed by atoms with Gasteiger partial charge < -0.3 is 20.1 Å². The fourth-order valence-electron chi connectivity index (χ4n) is 3.13. The second-order valence-electron chi connectivity index (χ2n) is 5.58. The van der Waals surface area contributed by atoms with Crippen LogP contribution in [-0.2, 0) is 16.1 Å². The number of hydrogen-bond acceptors (Lipinski definition) is 4. The fraction of sp³-hybridized carbons (Fsp3) is 0.533. The Bertz CT molecular complexity index is 492. The second kappa shape index (κ2) is 5.42. The van der Waals surface area contributed by atoms with E-state index in [4.69, 9.17) is 4.74 Å². The summed E-state index contributed by atoms with van der Waals surface area (Å²) in [6.45, 7) is 2.98. The van der Waals surface area contributed by atoms with Crippen LogP contribution in [0.25, 0.3) is 0 Å². The van der Waals surface area contributed by atoms with Crippen LogP contribution in [0.15, 0.2) is 24.3 Å². The van der Waals surface area contributed by atoms with Crippen molar-refractivity contribution in [3.05, 3.63) is 29.8 Å². The van der Waals surface area contributed by atoms with E-state index in [0.29, 0.717) is 13.2 Å². The number of para-hydroxylation sites is 1. The number of carbonyl (C=O) groups is 1. The largest absolute Gasteiger partial charge is 0.508 e. The lowest BCUT2D eigenvalue weighted by Gasteiger charge is -2.49. The van der Waals surface area contributed by atoms with Crippen molar-refractivity contribution in [3.63, 3.8) is 0 Å². The number of benzene rings is 1. The van der Waals surface area contributed by atoms with Crippen LogP contribution in [0, 0.1) is 0 Å². The molecule has 0 bridgehead atoms. The van der Waals surface area contributed by atoms with Crippen molar-refractivity contribution in [3.8, 4) is 5.75 Å². The van der Waals surface area contributed by atoms with Gasteiger partial charge in [-0.3, -0.25) is 4.79 Å². The number of piperidine rings is 1. The van der Waals surface area contributed by atoms with Crippen molar-refractivity contribution in [2.75, 3.05) is 26.3 Å². The molecule has 5 heteroatoms. The Balaban J connectivity index is 1.87.